The highest BCUT2D eigenvalue weighted by Gasteiger charge is 2.21. The summed E-state index contributed by atoms with van der Waals surface area (Å²) in [6.07, 6.45) is 0. The molecular formula is C20H18N6O4. The van der Waals surface area contributed by atoms with Crippen LogP contribution in [-0.2, 0) is 22.9 Å². The van der Waals surface area contributed by atoms with Crippen molar-refractivity contribution < 1.29 is 9.47 Å². The second-order valence-corrected chi connectivity index (χ2v) is 6.73. The Morgan fingerprint density at radius 2 is 1.43 bits per heavy atom. The molecule has 0 amide bonds. The molecule has 2 aromatic carbocycles. The van der Waals surface area contributed by atoms with Gasteiger partial charge in [-0.05, 0) is 24.3 Å². The monoisotopic (exact) mass is 406 g/mol. The van der Waals surface area contributed by atoms with Crippen LogP contribution in [0.5, 0.6) is 0 Å². The van der Waals surface area contributed by atoms with Crippen LogP contribution < -0.4 is 11.4 Å². The van der Waals surface area contributed by atoms with Crippen molar-refractivity contribution >= 4 is 27.8 Å². The first-order valence-electron chi connectivity index (χ1n) is 9.22. The first-order valence-corrected chi connectivity index (χ1v) is 9.22. The summed E-state index contributed by atoms with van der Waals surface area (Å²) in [6.45, 7) is 0.269. The van der Waals surface area contributed by atoms with Gasteiger partial charge in [-0.1, -0.05) is 24.3 Å². The SMILES string of the molecule is COCn1c(-n2c(=O)nc3n(COC)c4ccccc4n3c2=O)nc2ccccc21. The van der Waals surface area contributed by atoms with E-state index in [1.165, 1.54) is 18.6 Å². The van der Waals surface area contributed by atoms with Gasteiger partial charge in [0.25, 0.3) is 0 Å². The van der Waals surface area contributed by atoms with Gasteiger partial charge < -0.3 is 9.47 Å². The molecule has 0 aliphatic heterocycles. The first kappa shape index (κ1) is 18.3. The Hall–Kier alpha value is -3.76. The Kier molecular flexibility index (Phi) is 4.23. The normalized spacial score (nSPS) is 11.8. The van der Waals surface area contributed by atoms with Crippen LogP contribution in [0.1, 0.15) is 0 Å². The molecule has 0 aliphatic rings. The number of aromatic nitrogens is 6. The fourth-order valence-corrected chi connectivity index (χ4v) is 3.75. The minimum Gasteiger partial charge on any atom is -0.364 e. The Labute approximate surface area is 169 Å². The van der Waals surface area contributed by atoms with Gasteiger partial charge in [-0.3, -0.25) is 9.13 Å². The van der Waals surface area contributed by atoms with Gasteiger partial charge in [-0.25, -0.2) is 19.0 Å². The van der Waals surface area contributed by atoms with Gasteiger partial charge in [0.05, 0.1) is 22.1 Å². The Bertz CT molecular complexity index is 1520. The third-order valence-electron chi connectivity index (χ3n) is 4.98. The Morgan fingerprint density at radius 1 is 0.800 bits per heavy atom. The van der Waals surface area contributed by atoms with E-state index in [2.05, 4.69) is 9.97 Å². The molecule has 0 N–H and O–H groups in total. The van der Waals surface area contributed by atoms with Crippen LogP contribution in [0.25, 0.3) is 33.8 Å². The number of methoxy groups -OCH3 is 2. The minimum atomic E-state index is -0.729. The highest BCUT2D eigenvalue weighted by molar-refractivity contribution is 5.80. The zero-order valence-corrected chi connectivity index (χ0v) is 16.3. The van der Waals surface area contributed by atoms with E-state index in [0.717, 1.165) is 15.6 Å². The lowest BCUT2D eigenvalue weighted by molar-refractivity contribution is 0.133. The van der Waals surface area contributed by atoms with Crippen molar-refractivity contribution in [2.45, 2.75) is 13.5 Å². The average Bonchev–Trinajstić information content (AvgIpc) is 3.25. The molecule has 10 nitrogen and oxygen atoms in total. The molecule has 0 spiro atoms. The highest BCUT2D eigenvalue weighted by Crippen LogP contribution is 2.19. The van der Waals surface area contributed by atoms with Crippen LogP contribution in [0.3, 0.4) is 0 Å². The molecule has 0 saturated heterocycles. The van der Waals surface area contributed by atoms with Crippen LogP contribution in [0.4, 0.5) is 0 Å². The second-order valence-electron chi connectivity index (χ2n) is 6.73. The predicted molar refractivity (Wildman–Crippen MR) is 110 cm³/mol. The summed E-state index contributed by atoms with van der Waals surface area (Å²) < 4.78 is 16.3. The van der Waals surface area contributed by atoms with Gasteiger partial charge in [0.1, 0.15) is 13.5 Å². The maximum absolute atomic E-state index is 13.6. The molecule has 0 atom stereocenters. The summed E-state index contributed by atoms with van der Waals surface area (Å²) in [5.74, 6) is 0.359. The number of hydrogen-bond donors (Lipinski definition) is 0. The smallest absolute Gasteiger partial charge is 0.362 e. The number of hydrogen-bond acceptors (Lipinski definition) is 6. The maximum atomic E-state index is 13.6. The van der Waals surface area contributed by atoms with Crippen LogP contribution in [0.2, 0.25) is 0 Å². The lowest BCUT2D eigenvalue weighted by atomic mass is 10.3. The van der Waals surface area contributed by atoms with Gasteiger partial charge in [0, 0.05) is 14.2 Å². The predicted octanol–water partition coefficient (Wildman–Crippen LogP) is 1.36. The molecule has 0 unspecified atom stereocenters. The van der Waals surface area contributed by atoms with E-state index in [9.17, 15) is 9.59 Å². The zero-order chi connectivity index (χ0) is 20.8. The summed E-state index contributed by atoms with van der Waals surface area (Å²) in [7, 11) is 3.08. The van der Waals surface area contributed by atoms with Crippen LogP contribution in [0, 0.1) is 0 Å². The van der Waals surface area contributed by atoms with Crippen LogP contribution >= 0.6 is 0 Å². The molecule has 0 saturated carbocycles. The molecule has 30 heavy (non-hydrogen) atoms. The first-order chi connectivity index (χ1) is 14.7. The van der Waals surface area contributed by atoms with E-state index in [1.54, 1.807) is 15.2 Å². The third kappa shape index (κ3) is 2.51. The van der Waals surface area contributed by atoms with E-state index >= 15 is 0 Å². The lowest BCUT2D eigenvalue weighted by Crippen LogP contribution is -2.39. The summed E-state index contributed by atoms with van der Waals surface area (Å²) in [4.78, 5) is 35.3. The maximum Gasteiger partial charge on any atom is 0.362 e. The molecule has 10 heteroatoms. The topological polar surface area (TPSA) is 97.6 Å². The number of imidazole rings is 2. The molecule has 3 aromatic heterocycles. The van der Waals surface area contributed by atoms with Gasteiger partial charge in [-0.15, -0.1) is 0 Å². The standard InChI is InChI=1S/C20H18N6O4/c1-29-11-23-14-8-4-3-7-13(14)21-17(23)26-19(27)22-18-24(12-30-2)15-9-5-6-10-16(15)25(18)20(26)28/h3-10H,11-12H2,1-2H3. The zero-order valence-electron chi connectivity index (χ0n) is 16.3. The minimum absolute atomic E-state index is 0.121. The summed E-state index contributed by atoms with van der Waals surface area (Å²) in [6, 6.07) is 14.7. The van der Waals surface area contributed by atoms with E-state index in [1.807, 2.05) is 42.5 Å². The van der Waals surface area contributed by atoms with Crippen LogP contribution in [-0.4, -0.2) is 42.3 Å². The third-order valence-corrected chi connectivity index (χ3v) is 4.98. The summed E-state index contributed by atoms with van der Waals surface area (Å²) in [5.41, 5.74) is 1.43. The van der Waals surface area contributed by atoms with E-state index in [0.29, 0.717) is 11.0 Å². The van der Waals surface area contributed by atoms with Gasteiger partial charge in [0.15, 0.2) is 0 Å². The summed E-state index contributed by atoms with van der Waals surface area (Å²) >= 11 is 0. The van der Waals surface area contributed by atoms with Crippen LogP contribution in [0.15, 0.2) is 58.1 Å². The quantitative estimate of drug-likeness (QED) is 0.437. The molecule has 0 radical (unpaired) electrons. The lowest BCUT2D eigenvalue weighted by Gasteiger charge is -2.09. The molecule has 0 fully saturated rings. The Balaban J connectivity index is 1.92. The molecule has 5 rings (SSSR count). The largest absolute Gasteiger partial charge is 0.364 e. The fraction of sp³-hybridized carbons (Fsp3) is 0.200. The number of para-hydroxylation sites is 4. The molecule has 0 bridgehead atoms. The van der Waals surface area contributed by atoms with Crippen molar-refractivity contribution in [2.75, 3.05) is 14.2 Å². The van der Waals surface area contributed by atoms with Crippen molar-refractivity contribution in [3.8, 4) is 5.95 Å². The average molecular weight is 406 g/mol. The van der Waals surface area contributed by atoms with Gasteiger partial charge >= 0.3 is 11.4 Å². The van der Waals surface area contributed by atoms with E-state index < -0.39 is 11.4 Å². The van der Waals surface area contributed by atoms with Crippen molar-refractivity contribution in [1.82, 2.24) is 28.1 Å². The number of rotatable bonds is 5. The highest BCUT2D eigenvalue weighted by atomic mass is 16.5. The molecule has 3 heterocycles. The molecule has 5 aromatic rings. The number of ether oxygens (including phenoxy) is 2. The number of benzene rings is 2. The van der Waals surface area contributed by atoms with E-state index in [-0.39, 0.29) is 25.2 Å². The fourth-order valence-electron chi connectivity index (χ4n) is 3.75. The Morgan fingerprint density at radius 3 is 2.17 bits per heavy atom. The molecular weight excluding hydrogens is 388 g/mol. The van der Waals surface area contributed by atoms with Crippen molar-refractivity contribution in [3.05, 3.63) is 69.5 Å². The molecule has 152 valence electrons. The summed E-state index contributed by atoms with van der Waals surface area (Å²) in [5, 5.41) is 0. The number of nitrogens with zero attached hydrogens (tertiary/aromatic N) is 6. The van der Waals surface area contributed by atoms with E-state index in [4.69, 9.17) is 9.47 Å². The van der Waals surface area contributed by atoms with Crippen molar-refractivity contribution in [2.24, 2.45) is 0 Å². The van der Waals surface area contributed by atoms with Crippen molar-refractivity contribution in [1.29, 1.82) is 0 Å². The van der Waals surface area contributed by atoms with Gasteiger partial charge in [-0.2, -0.15) is 9.55 Å². The second kappa shape index (κ2) is 6.94. The molecule has 0 aliphatic carbocycles. The number of fused-ring (bicyclic) bond motifs is 4. The van der Waals surface area contributed by atoms with Gasteiger partial charge in [0.2, 0.25) is 11.7 Å². The van der Waals surface area contributed by atoms with Crippen molar-refractivity contribution in [3.63, 3.8) is 0 Å².